The number of anilines is 1. The summed E-state index contributed by atoms with van der Waals surface area (Å²) >= 11 is 0. The van der Waals surface area contributed by atoms with E-state index in [0.29, 0.717) is 5.69 Å². The van der Waals surface area contributed by atoms with E-state index in [2.05, 4.69) is 0 Å². The van der Waals surface area contributed by atoms with E-state index in [9.17, 15) is 4.39 Å². The van der Waals surface area contributed by atoms with Crippen molar-refractivity contribution in [2.75, 3.05) is 19.0 Å². The number of halogens is 1. The van der Waals surface area contributed by atoms with Crippen LogP contribution in [-0.2, 0) is 0 Å². The van der Waals surface area contributed by atoms with Gasteiger partial charge in [0, 0.05) is 14.1 Å². The maximum atomic E-state index is 13.0. The van der Waals surface area contributed by atoms with Crippen LogP contribution < -0.4 is 4.90 Å². The van der Waals surface area contributed by atoms with Crippen molar-refractivity contribution in [3.8, 4) is 5.75 Å². The number of phenolic OH excluding ortho intramolecular Hbond substituents is 1. The molecule has 0 atom stereocenters. The number of nitrogens with zero attached hydrogens (tertiary/aromatic N) is 1. The van der Waals surface area contributed by atoms with Crippen molar-refractivity contribution in [3.05, 3.63) is 24.0 Å². The van der Waals surface area contributed by atoms with E-state index in [4.69, 9.17) is 5.11 Å². The summed E-state index contributed by atoms with van der Waals surface area (Å²) in [7, 11) is 3.44. The van der Waals surface area contributed by atoms with E-state index in [1.165, 1.54) is 6.07 Å². The van der Waals surface area contributed by atoms with E-state index in [1.54, 1.807) is 31.1 Å². The molecule has 0 radical (unpaired) electrons. The summed E-state index contributed by atoms with van der Waals surface area (Å²) in [4.78, 5) is 1.61. The molecule has 0 aromatic heterocycles. The molecule has 0 unspecified atom stereocenters. The third kappa shape index (κ3) is 1.42. The van der Waals surface area contributed by atoms with Gasteiger partial charge in [-0.2, -0.15) is 0 Å². The molecular weight excluding hydrogens is 145 g/mol. The van der Waals surface area contributed by atoms with Gasteiger partial charge in [0.05, 0.1) is 5.69 Å². The zero-order valence-electron chi connectivity index (χ0n) is 6.50. The van der Waals surface area contributed by atoms with E-state index in [0.717, 1.165) is 0 Å². The summed E-state index contributed by atoms with van der Waals surface area (Å²) in [6.07, 6.45) is 0. The minimum Gasteiger partial charge on any atom is -0.505 e. The van der Waals surface area contributed by atoms with E-state index in [1.807, 2.05) is 0 Å². The second kappa shape index (κ2) is 2.78. The first kappa shape index (κ1) is 7.85. The fourth-order valence-electron chi connectivity index (χ4n) is 0.853. The Morgan fingerprint density at radius 2 is 2.00 bits per heavy atom. The van der Waals surface area contributed by atoms with E-state index < -0.39 is 5.82 Å². The van der Waals surface area contributed by atoms with Crippen LogP contribution in [0, 0.1) is 5.82 Å². The summed E-state index contributed by atoms with van der Waals surface area (Å²) in [5.41, 5.74) is 0.394. The third-order valence-corrected chi connectivity index (χ3v) is 1.44. The summed E-state index contributed by atoms with van der Waals surface area (Å²) < 4.78 is 13.0. The molecule has 0 saturated carbocycles. The predicted molar refractivity (Wildman–Crippen MR) is 42.4 cm³/mol. The van der Waals surface area contributed by atoms with Gasteiger partial charge in [0.1, 0.15) is 0 Å². The Balaban J connectivity index is 3.17. The predicted octanol–water partition coefficient (Wildman–Crippen LogP) is 1.60. The Labute approximate surface area is 64.9 Å². The van der Waals surface area contributed by atoms with E-state index >= 15 is 0 Å². The average molecular weight is 155 g/mol. The molecule has 60 valence electrons. The standard InChI is InChI=1S/C8H10FNO/c1-10(2)6-4-3-5-7(11)8(6)9/h3-5,11H,1-2H3. The first-order valence-electron chi connectivity index (χ1n) is 3.27. The fraction of sp³-hybridized carbons (Fsp3) is 0.250. The smallest absolute Gasteiger partial charge is 0.187 e. The maximum Gasteiger partial charge on any atom is 0.187 e. The summed E-state index contributed by atoms with van der Waals surface area (Å²) in [5, 5.41) is 8.95. The van der Waals surface area contributed by atoms with Crippen LogP contribution in [0.5, 0.6) is 5.75 Å². The van der Waals surface area contributed by atoms with Gasteiger partial charge in [-0.3, -0.25) is 0 Å². The Morgan fingerprint density at radius 3 is 2.45 bits per heavy atom. The second-order valence-corrected chi connectivity index (χ2v) is 2.50. The van der Waals surface area contributed by atoms with Gasteiger partial charge in [0.15, 0.2) is 11.6 Å². The highest BCUT2D eigenvalue weighted by atomic mass is 19.1. The molecule has 11 heavy (non-hydrogen) atoms. The lowest BCUT2D eigenvalue weighted by atomic mass is 10.3. The third-order valence-electron chi connectivity index (χ3n) is 1.44. The second-order valence-electron chi connectivity index (χ2n) is 2.50. The van der Waals surface area contributed by atoms with Crippen molar-refractivity contribution in [1.29, 1.82) is 0 Å². The van der Waals surface area contributed by atoms with Gasteiger partial charge in [0.25, 0.3) is 0 Å². The molecule has 0 heterocycles. The zero-order valence-corrected chi connectivity index (χ0v) is 6.50. The molecule has 2 nitrogen and oxygen atoms in total. The molecule has 0 amide bonds. The monoisotopic (exact) mass is 155 g/mol. The Kier molecular flexibility index (Phi) is 1.98. The lowest BCUT2D eigenvalue weighted by Crippen LogP contribution is -2.10. The molecular formula is C8H10FNO. The van der Waals surface area contributed by atoms with Gasteiger partial charge in [0.2, 0.25) is 0 Å². The fourth-order valence-corrected chi connectivity index (χ4v) is 0.853. The molecule has 0 saturated heterocycles. The Hall–Kier alpha value is -1.25. The normalized spacial score (nSPS) is 9.73. The first-order valence-corrected chi connectivity index (χ1v) is 3.27. The zero-order chi connectivity index (χ0) is 8.43. The molecule has 3 heteroatoms. The summed E-state index contributed by atoms with van der Waals surface area (Å²) in [5.74, 6) is -0.881. The van der Waals surface area contributed by atoms with Crippen molar-refractivity contribution in [3.63, 3.8) is 0 Å². The van der Waals surface area contributed by atoms with Crippen molar-refractivity contribution in [2.45, 2.75) is 0 Å². The van der Waals surface area contributed by atoms with Gasteiger partial charge >= 0.3 is 0 Å². The van der Waals surface area contributed by atoms with Crippen LogP contribution in [-0.4, -0.2) is 19.2 Å². The van der Waals surface area contributed by atoms with Gasteiger partial charge in [-0.1, -0.05) is 6.07 Å². The number of rotatable bonds is 1. The van der Waals surface area contributed by atoms with Crippen LogP contribution >= 0.6 is 0 Å². The molecule has 1 aromatic rings. The number of aromatic hydroxyl groups is 1. The Morgan fingerprint density at radius 1 is 1.36 bits per heavy atom. The SMILES string of the molecule is CN(C)c1cccc(O)c1F. The molecule has 0 bridgehead atoms. The first-order chi connectivity index (χ1) is 5.13. The topological polar surface area (TPSA) is 23.5 Å². The van der Waals surface area contributed by atoms with Crippen LogP contribution in [0.15, 0.2) is 18.2 Å². The number of phenols is 1. The van der Waals surface area contributed by atoms with Gasteiger partial charge in [-0.25, -0.2) is 4.39 Å². The highest BCUT2D eigenvalue weighted by molar-refractivity contribution is 5.50. The molecule has 1 N–H and O–H groups in total. The van der Waals surface area contributed by atoms with Crippen LogP contribution in [0.1, 0.15) is 0 Å². The quantitative estimate of drug-likeness (QED) is 0.665. The minimum atomic E-state index is -0.572. The molecule has 0 aliphatic heterocycles. The van der Waals surface area contributed by atoms with Gasteiger partial charge in [-0.15, -0.1) is 0 Å². The number of hydrogen-bond donors (Lipinski definition) is 1. The van der Waals surface area contributed by atoms with Crippen molar-refractivity contribution < 1.29 is 9.50 Å². The van der Waals surface area contributed by atoms with Crippen LogP contribution in [0.25, 0.3) is 0 Å². The minimum absolute atomic E-state index is 0.309. The lowest BCUT2D eigenvalue weighted by molar-refractivity contribution is 0.433. The number of benzene rings is 1. The highest BCUT2D eigenvalue weighted by Gasteiger charge is 2.06. The molecule has 1 aromatic carbocycles. The van der Waals surface area contributed by atoms with Crippen LogP contribution in [0.3, 0.4) is 0 Å². The largest absolute Gasteiger partial charge is 0.505 e. The van der Waals surface area contributed by atoms with Gasteiger partial charge in [-0.05, 0) is 12.1 Å². The van der Waals surface area contributed by atoms with Crippen molar-refractivity contribution in [2.24, 2.45) is 0 Å². The number of hydrogen-bond acceptors (Lipinski definition) is 2. The lowest BCUT2D eigenvalue weighted by Gasteiger charge is -2.13. The summed E-state index contributed by atoms with van der Waals surface area (Å²) in [6, 6.07) is 4.53. The molecule has 1 rings (SSSR count). The maximum absolute atomic E-state index is 13.0. The average Bonchev–Trinajstić information content (AvgIpc) is 1.94. The Bertz CT molecular complexity index is 260. The molecule has 0 aliphatic rings. The van der Waals surface area contributed by atoms with Crippen LogP contribution in [0.2, 0.25) is 0 Å². The van der Waals surface area contributed by atoms with Crippen LogP contribution in [0.4, 0.5) is 10.1 Å². The summed E-state index contributed by atoms with van der Waals surface area (Å²) in [6.45, 7) is 0. The molecule has 0 fully saturated rings. The molecule has 0 spiro atoms. The molecule has 0 aliphatic carbocycles. The van der Waals surface area contributed by atoms with Gasteiger partial charge < -0.3 is 10.0 Å². The van der Waals surface area contributed by atoms with E-state index in [-0.39, 0.29) is 5.75 Å². The van der Waals surface area contributed by atoms with Crippen molar-refractivity contribution in [1.82, 2.24) is 0 Å². The highest BCUT2D eigenvalue weighted by Crippen LogP contribution is 2.24. The van der Waals surface area contributed by atoms with Crippen molar-refractivity contribution >= 4 is 5.69 Å².